The molecular formula is C13H22O5. The standard InChI is InChI=1S/C13H22O5/c1-12(2,3)18-11(15)8-10(14)13(9-16-4)6-5-7-17-13/h5-9H2,1-4H3. The highest BCUT2D eigenvalue weighted by molar-refractivity contribution is 6.00. The molecule has 1 aliphatic heterocycles. The van der Waals surface area contributed by atoms with Gasteiger partial charge >= 0.3 is 5.97 Å². The van der Waals surface area contributed by atoms with Crippen LogP contribution < -0.4 is 0 Å². The Bertz CT molecular complexity index is 310. The minimum absolute atomic E-state index is 0.189. The molecule has 0 saturated carbocycles. The molecule has 104 valence electrons. The molecule has 0 aliphatic carbocycles. The first kappa shape index (κ1) is 15.1. The van der Waals surface area contributed by atoms with Crippen LogP contribution in [0.4, 0.5) is 0 Å². The van der Waals surface area contributed by atoms with Gasteiger partial charge in [0.15, 0.2) is 5.78 Å². The van der Waals surface area contributed by atoms with Crippen LogP contribution in [0.1, 0.15) is 40.0 Å². The van der Waals surface area contributed by atoms with Gasteiger partial charge in [-0.1, -0.05) is 0 Å². The first-order chi connectivity index (χ1) is 8.29. The summed E-state index contributed by atoms with van der Waals surface area (Å²) in [6.45, 7) is 6.03. The van der Waals surface area contributed by atoms with E-state index in [1.807, 2.05) is 0 Å². The Labute approximate surface area is 108 Å². The SMILES string of the molecule is COCC1(C(=O)CC(=O)OC(C)(C)C)CCCO1. The second kappa shape index (κ2) is 5.80. The lowest BCUT2D eigenvalue weighted by Gasteiger charge is -2.26. The van der Waals surface area contributed by atoms with Crippen molar-refractivity contribution in [3.63, 3.8) is 0 Å². The fourth-order valence-electron chi connectivity index (χ4n) is 2.01. The Kier molecular flexibility index (Phi) is 4.87. The van der Waals surface area contributed by atoms with Crippen molar-refractivity contribution in [3.05, 3.63) is 0 Å². The number of ether oxygens (including phenoxy) is 3. The molecule has 0 bridgehead atoms. The second-order valence-electron chi connectivity index (χ2n) is 5.57. The van der Waals surface area contributed by atoms with Crippen molar-refractivity contribution >= 4 is 11.8 Å². The van der Waals surface area contributed by atoms with Gasteiger partial charge in [0.2, 0.25) is 0 Å². The van der Waals surface area contributed by atoms with Gasteiger partial charge in [-0.05, 0) is 33.6 Å². The number of hydrogen-bond acceptors (Lipinski definition) is 5. The van der Waals surface area contributed by atoms with Gasteiger partial charge in [0, 0.05) is 13.7 Å². The third kappa shape index (κ3) is 4.07. The molecule has 0 amide bonds. The van der Waals surface area contributed by atoms with E-state index in [1.165, 1.54) is 7.11 Å². The summed E-state index contributed by atoms with van der Waals surface area (Å²) in [6.07, 6.45) is 1.15. The number of carbonyl (C=O) groups excluding carboxylic acids is 2. The molecule has 1 atom stereocenters. The maximum Gasteiger partial charge on any atom is 0.313 e. The molecule has 1 heterocycles. The number of carbonyl (C=O) groups is 2. The summed E-state index contributed by atoms with van der Waals surface area (Å²) in [5.41, 5.74) is -1.53. The van der Waals surface area contributed by atoms with Crippen LogP contribution in [0.2, 0.25) is 0 Å². The van der Waals surface area contributed by atoms with Gasteiger partial charge in [-0.25, -0.2) is 0 Å². The van der Waals surface area contributed by atoms with E-state index in [0.717, 1.165) is 6.42 Å². The van der Waals surface area contributed by atoms with E-state index in [0.29, 0.717) is 13.0 Å². The zero-order valence-electron chi connectivity index (χ0n) is 11.6. The number of hydrogen-bond donors (Lipinski definition) is 0. The Hall–Kier alpha value is -0.940. The van der Waals surface area contributed by atoms with Crippen LogP contribution in [0, 0.1) is 0 Å². The molecule has 0 aromatic carbocycles. The van der Waals surface area contributed by atoms with Gasteiger partial charge in [0.25, 0.3) is 0 Å². The number of ketones is 1. The lowest BCUT2D eigenvalue weighted by Crippen LogP contribution is -2.44. The summed E-state index contributed by atoms with van der Waals surface area (Å²) < 4.78 is 15.7. The third-order valence-corrected chi connectivity index (χ3v) is 2.71. The smallest absolute Gasteiger partial charge is 0.313 e. The highest BCUT2D eigenvalue weighted by Crippen LogP contribution is 2.28. The van der Waals surface area contributed by atoms with E-state index in [2.05, 4.69) is 0 Å². The number of esters is 1. The molecule has 0 aromatic rings. The van der Waals surface area contributed by atoms with Crippen molar-refractivity contribution in [3.8, 4) is 0 Å². The monoisotopic (exact) mass is 258 g/mol. The van der Waals surface area contributed by atoms with Crippen molar-refractivity contribution in [2.75, 3.05) is 20.3 Å². The summed E-state index contributed by atoms with van der Waals surface area (Å²) in [4.78, 5) is 23.8. The molecular weight excluding hydrogens is 236 g/mol. The first-order valence-electron chi connectivity index (χ1n) is 6.17. The highest BCUT2D eigenvalue weighted by Gasteiger charge is 2.43. The third-order valence-electron chi connectivity index (χ3n) is 2.71. The topological polar surface area (TPSA) is 61.8 Å². The van der Waals surface area contributed by atoms with Gasteiger partial charge in [-0.15, -0.1) is 0 Å². The van der Waals surface area contributed by atoms with Crippen molar-refractivity contribution in [1.82, 2.24) is 0 Å². The molecule has 0 aromatic heterocycles. The Morgan fingerprint density at radius 3 is 2.44 bits per heavy atom. The zero-order chi connectivity index (χ0) is 13.8. The Balaban J connectivity index is 2.60. The Morgan fingerprint density at radius 1 is 1.33 bits per heavy atom. The van der Waals surface area contributed by atoms with Gasteiger partial charge in [0.05, 0.1) is 6.61 Å². The normalized spacial score (nSPS) is 24.0. The summed E-state index contributed by atoms with van der Waals surface area (Å²) in [6, 6.07) is 0. The first-order valence-corrected chi connectivity index (χ1v) is 6.17. The molecule has 1 fully saturated rings. The zero-order valence-corrected chi connectivity index (χ0v) is 11.6. The lowest BCUT2D eigenvalue weighted by atomic mass is 9.93. The fourth-order valence-corrected chi connectivity index (χ4v) is 2.01. The van der Waals surface area contributed by atoms with E-state index in [9.17, 15) is 9.59 Å². The summed E-state index contributed by atoms with van der Waals surface area (Å²) in [5.74, 6) is -0.769. The van der Waals surface area contributed by atoms with Gasteiger partial charge < -0.3 is 14.2 Å². The Morgan fingerprint density at radius 2 is 2.00 bits per heavy atom. The molecule has 0 radical (unpaired) electrons. The van der Waals surface area contributed by atoms with Crippen LogP contribution in [0.5, 0.6) is 0 Å². The number of methoxy groups -OCH3 is 1. The maximum absolute atomic E-state index is 12.1. The molecule has 5 nitrogen and oxygen atoms in total. The molecule has 1 saturated heterocycles. The summed E-state index contributed by atoms with van der Waals surface area (Å²) in [5, 5.41) is 0. The van der Waals surface area contributed by atoms with Gasteiger partial charge in [-0.3, -0.25) is 9.59 Å². The highest BCUT2D eigenvalue weighted by atomic mass is 16.6. The van der Waals surface area contributed by atoms with Crippen LogP contribution in [0.25, 0.3) is 0 Å². The van der Waals surface area contributed by atoms with Gasteiger partial charge in [-0.2, -0.15) is 0 Å². The molecule has 1 rings (SSSR count). The molecule has 5 heteroatoms. The quantitative estimate of drug-likeness (QED) is 0.552. The van der Waals surface area contributed by atoms with Crippen LogP contribution in [-0.4, -0.2) is 43.3 Å². The van der Waals surface area contributed by atoms with E-state index in [-0.39, 0.29) is 18.8 Å². The molecule has 1 unspecified atom stereocenters. The van der Waals surface area contributed by atoms with E-state index < -0.39 is 17.2 Å². The van der Waals surface area contributed by atoms with Crippen LogP contribution in [-0.2, 0) is 23.8 Å². The van der Waals surface area contributed by atoms with Crippen molar-refractivity contribution in [2.24, 2.45) is 0 Å². The molecule has 0 spiro atoms. The second-order valence-corrected chi connectivity index (χ2v) is 5.57. The average molecular weight is 258 g/mol. The predicted molar refractivity (Wildman–Crippen MR) is 65.3 cm³/mol. The predicted octanol–water partition coefficient (Wildman–Crippen LogP) is 1.48. The van der Waals surface area contributed by atoms with E-state index >= 15 is 0 Å². The van der Waals surface area contributed by atoms with Crippen molar-refractivity contribution in [2.45, 2.75) is 51.2 Å². The van der Waals surface area contributed by atoms with Crippen LogP contribution in [0.15, 0.2) is 0 Å². The van der Waals surface area contributed by atoms with Crippen LogP contribution >= 0.6 is 0 Å². The largest absolute Gasteiger partial charge is 0.460 e. The van der Waals surface area contributed by atoms with Crippen molar-refractivity contribution < 1.29 is 23.8 Å². The fraction of sp³-hybridized carbons (Fsp3) is 0.846. The summed E-state index contributed by atoms with van der Waals surface area (Å²) in [7, 11) is 1.52. The van der Waals surface area contributed by atoms with Gasteiger partial charge in [0.1, 0.15) is 17.6 Å². The van der Waals surface area contributed by atoms with Crippen LogP contribution in [0.3, 0.4) is 0 Å². The minimum atomic E-state index is -0.953. The molecule has 0 N–H and O–H groups in total. The molecule has 1 aliphatic rings. The maximum atomic E-state index is 12.1. The average Bonchev–Trinajstić information content (AvgIpc) is 2.64. The molecule has 18 heavy (non-hydrogen) atoms. The number of Topliss-reactive ketones (excluding diaryl/α,β-unsaturated/α-hetero) is 1. The lowest BCUT2D eigenvalue weighted by molar-refractivity contribution is -0.161. The minimum Gasteiger partial charge on any atom is -0.460 e. The van der Waals surface area contributed by atoms with E-state index in [4.69, 9.17) is 14.2 Å². The van der Waals surface area contributed by atoms with Crippen molar-refractivity contribution in [1.29, 1.82) is 0 Å². The van der Waals surface area contributed by atoms with E-state index in [1.54, 1.807) is 20.8 Å². The number of rotatable bonds is 5. The summed E-state index contributed by atoms with van der Waals surface area (Å²) >= 11 is 0.